The molecule has 0 aliphatic heterocycles. The molecule has 1 atom stereocenters. The lowest BCUT2D eigenvalue weighted by Gasteiger charge is -2.23. The van der Waals surface area contributed by atoms with E-state index in [9.17, 15) is 0 Å². The number of ether oxygens (including phenoxy) is 2. The van der Waals surface area contributed by atoms with Crippen molar-refractivity contribution in [3.8, 4) is 11.5 Å². The first-order valence-corrected chi connectivity index (χ1v) is 7.94. The molecule has 0 saturated heterocycles. The molecule has 5 heteroatoms. The van der Waals surface area contributed by atoms with Gasteiger partial charge in [-0.05, 0) is 44.0 Å². The Hall–Kier alpha value is -2.17. The molecule has 0 fully saturated rings. The molecule has 0 heterocycles. The van der Waals surface area contributed by atoms with Crippen molar-refractivity contribution in [1.29, 1.82) is 0 Å². The fourth-order valence-corrected chi connectivity index (χ4v) is 2.13. The number of rotatable bonds is 9. The largest absolute Gasteiger partial charge is 0.497 e. The van der Waals surface area contributed by atoms with Gasteiger partial charge < -0.3 is 19.7 Å². The number of hydrogen-bond acceptors (Lipinski definition) is 3. The maximum atomic E-state index is 5.88. The maximum Gasteiger partial charge on any atom is 0.193 e. The van der Waals surface area contributed by atoms with E-state index in [2.05, 4.69) is 21.8 Å². The third-order valence-corrected chi connectivity index (χ3v) is 3.42. The van der Waals surface area contributed by atoms with Crippen molar-refractivity contribution in [3.05, 3.63) is 36.9 Å². The molecule has 23 heavy (non-hydrogen) atoms. The van der Waals surface area contributed by atoms with Crippen molar-refractivity contribution in [1.82, 2.24) is 10.2 Å². The minimum absolute atomic E-state index is 0.0294. The molecule has 1 aromatic rings. The van der Waals surface area contributed by atoms with Crippen molar-refractivity contribution >= 4 is 5.96 Å². The van der Waals surface area contributed by atoms with Gasteiger partial charge in [-0.15, -0.1) is 6.58 Å². The van der Waals surface area contributed by atoms with Gasteiger partial charge in [0.2, 0.25) is 0 Å². The SMILES string of the molecule is C=CCCCN(C)C(=NC)NCC(C)Oc1ccc(OC)cc1. The highest BCUT2D eigenvalue weighted by Crippen LogP contribution is 2.17. The summed E-state index contributed by atoms with van der Waals surface area (Å²) in [5.74, 6) is 2.53. The summed E-state index contributed by atoms with van der Waals surface area (Å²) in [7, 11) is 5.48. The maximum absolute atomic E-state index is 5.88. The highest BCUT2D eigenvalue weighted by Gasteiger charge is 2.09. The first kappa shape index (κ1) is 18.9. The Morgan fingerprint density at radius 1 is 1.35 bits per heavy atom. The topological polar surface area (TPSA) is 46.1 Å². The van der Waals surface area contributed by atoms with Crippen molar-refractivity contribution < 1.29 is 9.47 Å². The fourth-order valence-electron chi connectivity index (χ4n) is 2.13. The van der Waals surface area contributed by atoms with E-state index in [1.165, 1.54) is 0 Å². The van der Waals surface area contributed by atoms with Crippen LogP contribution >= 0.6 is 0 Å². The third-order valence-electron chi connectivity index (χ3n) is 3.42. The molecule has 0 radical (unpaired) electrons. The van der Waals surface area contributed by atoms with Gasteiger partial charge in [-0.25, -0.2) is 0 Å². The highest BCUT2D eigenvalue weighted by molar-refractivity contribution is 5.79. The molecule has 128 valence electrons. The quantitative estimate of drug-likeness (QED) is 0.329. The number of guanidine groups is 1. The van der Waals surface area contributed by atoms with E-state index < -0.39 is 0 Å². The van der Waals surface area contributed by atoms with Gasteiger partial charge in [-0.1, -0.05) is 6.08 Å². The molecule has 1 aromatic carbocycles. The van der Waals surface area contributed by atoms with Gasteiger partial charge in [0.05, 0.1) is 13.7 Å². The Labute approximate surface area is 140 Å². The summed E-state index contributed by atoms with van der Waals surface area (Å²) in [6, 6.07) is 7.60. The molecule has 0 aliphatic rings. The lowest BCUT2D eigenvalue weighted by atomic mass is 10.3. The van der Waals surface area contributed by atoms with Crippen LogP contribution in [0.1, 0.15) is 19.8 Å². The van der Waals surface area contributed by atoms with Gasteiger partial charge in [0.25, 0.3) is 0 Å². The van der Waals surface area contributed by atoms with Crippen LogP contribution < -0.4 is 14.8 Å². The van der Waals surface area contributed by atoms with E-state index in [0.29, 0.717) is 6.54 Å². The number of nitrogens with zero attached hydrogens (tertiary/aromatic N) is 2. The van der Waals surface area contributed by atoms with Gasteiger partial charge in [-0.3, -0.25) is 4.99 Å². The minimum Gasteiger partial charge on any atom is -0.497 e. The Kier molecular flexibility index (Phi) is 8.65. The summed E-state index contributed by atoms with van der Waals surface area (Å²) in [4.78, 5) is 6.42. The average molecular weight is 319 g/mol. The van der Waals surface area contributed by atoms with Gasteiger partial charge in [0, 0.05) is 20.6 Å². The normalized spacial score (nSPS) is 12.4. The molecule has 0 spiro atoms. The Balaban J connectivity index is 2.40. The number of allylic oxidation sites excluding steroid dienone is 1. The van der Waals surface area contributed by atoms with Crippen LogP contribution in [0, 0.1) is 0 Å². The number of benzene rings is 1. The van der Waals surface area contributed by atoms with Crippen LogP contribution in [0.3, 0.4) is 0 Å². The molecular weight excluding hydrogens is 290 g/mol. The average Bonchev–Trinajstić information content (AvgIpc) is 2.56. The standard InChI is InChI=1S/C18H29N3O2/c1-6-7-8-13-21(4)18(19-3)20-14-15(2)23-17-11-9-16(22-5)10-12-17/h6,9-12,15H,1,7-8,13-14H2,2-5H3,(H,19,20). The Bertz CT molecular complexity index is 486. The highest BCUT2D eigenvalue weighted by atomic mass is 16.5. The molecule has 0 amide bonds. The van der Waals surface area contributed by atoms with Crippen LogP contribution in [0.15, 0.2) is 41.9 Å². The lowest BCUT2D eigenvalue weighted by Crippen LogP contribution is -2.43. The van der Waals surface area contributed by atoms with Crippen molar-refractivity contribution in [2.45, 2.75) is 25.9 Å². The summed E-state index contributed by atoms with van der Waals surface area (Å²) >= 11 is 0. The molecule has 1 rings (SSSR count). The summed E-state index contributed by atoms with van der Waals surface area (Å²) in [6.07, 6.45) is 4.05. The van der Waals surface area contributed by atoms with Crippen LogP contribution in [-0.4, -0.2) is 51.3 Å². The molecular formula is C18H29N3O2. The number of methoxy groups -OCH3 is 1. The first-order chi connectivity index (χ1) is 11.1. The van der Waals surface area contributed by atoms with Gasteiger partial charge >= 0.3 is 0 Å². The van der Waals surface area contributed by atoms with Gasteiger partial charge in [0.1, 0.15) is 17.6 Å². The predicted molar refractivity (Wildman–Crippen MR) is 96.5 cm³/mol. The molecule has 0 aromatic heterocycles. The second-order valence-electron chi connectivity index (χ2n) is 5.38. The van der Waals surface area contributed by atoms with Crippen molar-refractivity contribution in [2.75, 3.05) is 34.3 Å². The van der Waals surface area contributed by atoms with E-state index in [0.717, 1.165) is 36.8 Å². The second-order valence-corrected chi connectivity index (χ2v) is 5.38. The zero-order chi connectivity index (χ0) is 17.1. The van der Waals surface area contributed by atoms with E-state index >= 15 is 0 Å². The van der Waals surface area contributed by atoms with Gasteiger partial charge in [-0.2, -0.15) is 0 Å². The van der Waals surface area contributed by atoms with Crippen LogP contribution in [0.25, 0.3) is 0 Å². The van der Waals surface area contributed by atoms with Crippen molar-refractivity contribution in [3.63, 3.8) is 0 Å². The summed E-state index contributed by atoms with van der Waals surface area (Å²) in [5.41, 5.74) is 0. The van der Waals surface area contributed by atoms with Crippen LogP contribution in [0.4, 0.5) is 0 Å². The van der Waals surface area contributed by atoms with Crippen LogP contribution in [-0.2, 0) is 0 Å². The Morgan fingerprint density at radius 3 is 2.57 bits per heavy atom. The lowest BCUT2D eigenvalue weighted by molar-refractivity contribution is 0.222. The smallest absolute Gasteiger partial charge is 0.193 e. The van der Waals surface area contributed by atoms with E-state index in [1.807, 2.05) is 44.3 Å². The predicted octanol–water partition coefficient (Wildman–Crippen LogP) is 2.94. The zero-order valence-electron chi connectivity index (χ0n) is 14.7. The number of unbranched alkanes of at least 4 members (excludes halogenated alkanes) is 1. The second kappa shape index (κ2) is 10.5. The molecule has 1 N–H and O–H groups in total. The monoisotopic (exact) mass is 319 g/mol. The van der Waals surface area contributed by atoms with Crippen LogP contribution in [0.2, 0.25) is 0 Å². The minimum atomic E-state index is 0.0294. The van der Waals surface area contributed by atoms with E-state index in [4.69, 9.17) is 9.47 Å². The molecule has 1 unspecified atom stereocenters. The molecule has 5 nitrogen and oxygen atoms in total. The van der Waals surface area contributed by atoms with Crippen molar-refractivity contribution in [2.24, 2.45) is 4.99 Å². The number of hydrogen-bond donors (Lipinski definition) is 1. The summed E-state index contributed by atoms with van der Waals surface area (Å²) in [5, 5.41) is 3.34. The fraction of sp³-hybridized carbons (Fsp3) is 0.500. The first-order valence-electron chi connectivity index (χ1n) is 7.94. The zero-order valence-corrected chi connectivity index (χ0v) is 14.7. The number of nitrogens with one attached hydrogen (secondary N) is 1. The Morgan fingerprint density at radius 2 is 2.00 bits per heavy atom. The molecule has 0 aliphatic carbocycles. The van der Waals surface area contributed by atoms with Gasteiger partial charge in [0.15, 0.2) is 5.96 Å². The summed E-state index contributed by atoms with van der Waals surface area (Å²) in [6.45, 7) is 7.40. The third kappa shape index (κ3) is 7.08. The van der Waals surface area contributed by atoms with E-state index in [1.54, 1.807) is 14.2 Å². The molecule has 0 saturated carbocycles. The van der Waals surface area contributed by atoms with Crippen LogP contribution in [0.5, 0.6) is 11.5 Å². The molecule has 0 bridgehead atoms. The summed E-state index contributed by atoms with van der Waals surface area (Å²) < 4.78 is 11.0. The number of aliphatic imine (C=N–C) groups is 1. The van der Waals surface area contributed by atoms with E-state index in [-0.39, 0.29) is 6.10 Å².